The molecule has 12 heteroatoms. The molecular weight excluding hydrogens is 530 g/mol. The van der Waals surface area contributed by atoms with Gasteiger partial charge in [-0.15, -0.1) is 0 Å². The van der Waals surface area contributed by atoms with Gasteiger partial charge in [-0.1, -0.05) is 12.1 Å². The minimum absolute atomic E-state index is 0.109. The molecule has 220 valence electrons. The maximum absolute atomic E-state index is 14.1. The fraction of sp³-hybridized carbons (Fsp3) is 0.586. The van der Waals surface area contributed by atoms with Crippen LogP contribution in [0.15, 0.2) is 30.3 Å². The summed E-state index contributed by atoms with van der Waals surface area (Å²) < 4.78 is 35.2. The van der Waals surface area contributed by atoms with Gasteiger partial charge in [-0.3, -0.25) is 9.36 Å². The van der Waals surface area contributed by atoms with Gasteiger partial charge in [-0.05, 0) is 70.8 Å². The van der Waals surface area contributed by atoms with Crippen LogP contribution in [0.25, 0.3) is 16.9 Å². The fourth-order valence-corrected chi connectivity index (χ4v) is 6.13. The Bertz CT molecular complexity index is 1350. The number of carbonyl (C=O) groups is 1. The van der Waals surface area contributed by atoms with Crippen molar-refractivity contribution in [2.75, 3.05) is 56.7 Å². The molecule has 10 nitrogen and oxygen atoms in total. The lowest BCUT2D eigenvalue weighted by atomic mass is 9.89. The van der Waals surface area contributed by atoms with E-state index in [0.29, 0.717) is 54.9 Å². The smallest absolute Gasteiger partial charge is 0.296 e. The SMILES string of the molecule is CN1CCC(C(=O)NC2CCC(Nc3cc(-n4c(C(F)F)nc5ccccc54)nc(N4CCOCC4)n3)CC2)CC1. The topological polar surface area (TPSA) is 100 Å². The number of hydrogen-bond donors (Lipinski definition) is 2. The minimum Gasteiger partial charge on any atom is -0.378 e. The Labute approximate surface area is 238 Å². The molecule has 2 aliphatic heterocycles. The Hall–Kier alpha value is -3.38. The van der Waals surface area contributed by atoms with E-state index >= 15 is 0 Å². The Balaban J connectivity index is 1.20. The van der Waals surface area contributed by atoms with Gasteiger partial charge < -0.3 is 25.2 Å². The van der Waals surface area contributed by atoms with Gasteiger partial charge in [0.15, 0.2) is 5.82 Å². The van der Waals surface area contributed by atoms with E-state index in [4.69, 9.17) is 14.7 Å². The Kier molecular flexibility index (Phi) is 8.29. The second kappa shape index (κ2) is 12.2. The van der Waals surface area contributed by atoms with E-state index in [-0.39, 0.29) is 29.7 Å². The molecular formula is C29H38F2N8O2. The number of nitrogens with zero attached hydrogens (tertiary/aromatic N) is 6. The first-order chi connectivity index (χ1) is 19.9. The van der Waals surface area contributed by atoms with Crippen LogP contribution < -0.4 is 15.5 Å². The number of morpholine rings is 1. The van der Waals surface area contributed by atoms with E-state index in [9.17, 15) is 13.6 Å². The van der Waals surface area contributed by atoms with E-state index in [0.717, 1.165) is 51.6 Å². The Morgan fingerprint density at radius 2 is 1.66 bits per heavy atom. The van der Waals surface area contributed by atoms with E-state index in [1.54, 1.807) is 24.3 Å². The third-order valence-corrected chi connectivity index (χ3v) is 8.52. The molecule has 3 aromatic rings. The van der Waals surface area contributed by atoms with Crippen LogP contribution in [0.4, 0.5) is 20.5 Å². The van der Waals surface area contributed by atoms with Crippen LogP contribution in [-0.4, -0.2) is 88.9 Å². The molecule has 1 aromatic carbocycles. The summed E-state index contributed by atoms with van der Waals surface area (Å²) in [7, 11) is 2.10. The van der Waals surface area contributed by atoms with E-state index in [2.05, 4.69) is 27.6 Å². The number of rotatable bonds is 7. The van der Waals surface area contributed by atoms with Crippen molar-refractivity contribution in [3.05, 3.63) is 36.2 Å². The number of piperidine rings is 1. The Morgan fingerprint density at radius 3 is 2.39 bits per heavy atom. The number of aromatic nitrogens is 4. The first-order valence-electron chi connectivity index (χ1n) is 14.7. The molecule has 3 fully saturated rings. The third-order valence-electron chi connectivity index (χ3n) is 8.52. The third kappa shape index (κ3) is 6.28. The monoisotopic (exact) mass is 568 g/mol. The predicted molar refractivity (Wildman–Crippen MR) is 153 cm³/mol. The van der Waals surface area contributed by atoms with E-state index in [1.807, 2.05) is 11.0 Å². The standard InChI is InChI=1S/C29H38F2N8O2/c1-37-12-10-19(11-13-37)28(40)33-21-8-6-20(7-9-21)32-24-18-25(36-29(35-24)38-14-16-41-17-15-38)39-23-5-3-2-4-22(23)34-27(39)26(30)31/h2-5,18-21,26H,6-17H2,1H3,(H,33,40)(H,32,35,36). The van der Waals surface area contributed by atoms with Crippen molar-refractivity contribution >= 4 is 28.7 Å². The lowest BCUT2D eigenvalue weighted by Crippen LogP contribution is -2.45. The summed E-state index contributed by atoms with van der Waals surface area (Å²) in [6.07, 6.45) is 2.58. The number of likely N-dealkylation sites (tertiary alicyclic amines) is 1. The van der Waals surface area contributed by atoms with Crippen LogP contribution in [0.5, 0.6) is 0 Å². The van der Waals surface area contributed by atoms with Gasteiger partial charge >= 0.3 is 0 Å². The summed E-state index contributed by atoms with van der Waals surface area (Å²) in [6, 6.07) is 9.16. The normalized spacial score (nSPS) is 22.8. The highest BCUT2D eigenvalue weighted by Gasteiger charge is 2.29. The minimum atomic E-state index is -2.76. The maximum atomic E-state index is 14.1. The second-order valence-corrected chi connectivity index (χ2v) is 11.4. The number of imidazole rings is 1. The molecule has 0 spiro atoms. The van der Waals surface area contributed by atoms with Gasteiger partial charge in [-0.2, -0.15) is 9.97 Å². The molecule has 1 amide bonds. The molecule has 0 atom stereocenters. The summed E-state index contributed by atoms with van der Waals surface area (Å²) in [5.74, 6) is 1.38. The number of ether oxygens (including phenoxy) is 1. The van der Waals surface area contributed by atoms with Crippen molar-refractivity contribution < 1.29 is 18.3 Å². The highest BCUT2D eigenvalue weighted by Crippen LogP contribution is 2.30. The number of hydrogen-bond acceptors (Lipinski definition) is 8. The van der Waals surface area contributed by atoms with Crippen LogP contribution in [0.3, 0.4) is 0 Å². The van der Waals surface area contributed by atoms with Gasteiger partial charge in [0.2, 0.25) is 11.9 Å². The second-order valence-electron chi connectivity index (χ2n) is 11.4. The molecule has 0 bridgehead atoms. The number of benzene rings is 1. The number of fused-ring (bicyclic) bond motifs is 1. The number of alkyl halides is 2. The van der Waals surface area contributed by atoms with Crippen LogP contribution in [-0.2, 0) is 9.53 Å². The van der Waals surface area contributed by atoms with E-state index in [1.165, 1.54) is 4.57 Å². The van der Waals surface area contributed by atoms with Crippen LogP contribution in [0.2, 0.25) is 0 Å². The molecule has 2 N–H and O–H groups in total. The molecule has 2 saturated heterocycles. The summed E-state index contributed by atoms with van der Waals surface area (Å²) in [5, 5.41) is 6.84. The lowest BCUT2D eigenvalue weighted by Gasteiger charge is -2.33. The molecule has 4 heterocycles. The highest BCUT2D eigenvalue weighted by molar-refractivity contribution is 5.79. The van der Waals surface area contributed by atoms with Crippen molar-refractivity contribution in [3.63, 3.8) is 0 Å². The number of carbonyl (C=O) groups excluding carboxylic acids is 1. The molecule has 1 aliphatic carbocycles. The van der Waals surface area contributed by atoms with Crippen molar-refractivity contribution in [2.24, 2.45) is 5.92 Å². The number of nitrogens with one attached hydrogen (secondary N) is 2. The van der Waals surface area contributed by atoms with Gasteiger partial charge in [0.25, 0.3) is 6.43 Å². The number of para-hydroxylation sites is 2. The number of amides is 1. The summed E-state index contributed by atoms with van der Waals surface area (Å²) in [4.78, 5) is 30.9. The molecule has 3 aliphatic rings. The van der Waals surface area contributed by atoms with Crippen LogP contribution >= 0.6 is 0 Å². The largest absolute Gasteiger partial charge is 0.378 e. The predicted octanol–water partition coefficient (Wildman–Crippen LogP) is 3.77. The maximum Gasteiger partial charge on any atom is 0.296 e. The molecule has 0 radical (unpaired) electrons. The van der Waals surface area contributed by atoms with Gasteiger partial charge in [0.1, 0.15) is 11.6 Å². The van der Waals surface area contributed by atoms with Gasteiger partial charge in [-0.25, -0.2) is 13.8 Å². The van der Waals surface area contributed by atoms with Gasteiger partial charge in [0, 0.05) is 37.2 Å². The zero-order valence-electron chi connectivity index (χ0n) is 23.4. The summed E-state index contributed by atoms with van der Waals surface area (Å²) >= 11 is 0. The molecule has 6 rings (SSSR count). The van der Waals surface area contributed by atoms with Crippen LogP contribution in [0, 0.1) is 5.92 Å². The Morgan fingerprint density at radius 1 is 0.951 bits per heavy atom. The van der Waals surface area contributed by atoms with Crippen molar-refractivity contribution in [1.29, 1.82) is 0 Å². The molecule has 0 unspecified atom stereocenters. The average molecular weight is 569 g/mol. The van der Waals surface area contributed by atoms with Crippen LogP contribution in [0.1, 0.15) is 50.8 Å². The molecule has 41 heavy (non-hydrogen) atoms. The number of halogens is 2. The average Bonchev–Trinajstić information content (AvgIpc) is 3.39. The molecule has 2 aromatic heterocycles. The fourth-order valence-electron chi connectivity index (χ4n) is 6.13. The lowest BCUT2D eigenvalue weighted by molar-refractivity contribution is -0.127. The first-order valence-corrected chi connectivity index (χ1v) is 14.7. The zero-order valence-corrected chi connectivity index (χ0v) is 23.4. The van der Waals surface area contributed by atoms with Crippen molar-refractivity contribution in [1.82, 2.24) is 29.7 Å². The van der Waals surface area contributed by atoms with E-state index < -0.39 is 6.43 Å². The molecule has 1 saturated carbocycles. The highest BCUT2D eigenvalue weighted by atomic mass is 19.3. The van der Waals surface area contributed by atoms with Gasteiger partial charge in [0.05, 0.1) is 24.2 Å². The zero-order chi connectivity index (χ0) is 28.3. The van der Waals surface area contributed by atoms with Crippen molar-refractivity contribution in [2.45, 2.75) is 57.0 Å². The summed E-state index contributed by atoms with van der Waals surface area (Å²) in [6.45, 7) is 4.29. The number of anilines is 2. The summed E-state index contributed by atoms with van der Waals surface area (Å²) in [5.41, 5.74) is 1.06. The quantitative estimate of drug-likeness (QED) is 0.445. The first kappa shape index (κ1) is 27.8. The van der Waals surface area contributed by atoms with Crippen molar-refractivity contribution in [3.8, 4) is 5.82 Å².